The summed E-state index contributed by atoms with van der Waals surface area (Å²) in [5, 5.41) is 22.2. The minimum absolute atomic E-state index is 0.0120. The van der Waals surface area contributed by atoms with E-state index in [1.807, 2.05) is 13.0 Å². The lowest BCUT2D eigenvalue weighted by Crippen LogP contribution is -2.37. The Hall–Kier alpha value is -3.86. The summed E-state index contributed by atoms with van der Waals surface area (Å²) in [4.78, 5) is 33.0. The zero-order valence-corrected chi connectivity index (χ0v) is 17.1. The van der Waals surface area contributed by atoms with E-state index in [9.17, 15) is 14.7 Å². The van der Waals surface area contributed by atoms with Crippen molar-refractivity contribution in [1.29, 1.82) is 0 Å². The van der Waals surface area contributed by atoms with E-state index in [0.29, 0.717) is 30.9 Å². The first kappa shape index (κ1) is 20.4. The van der Waals surface area contributed by atoms with E-state index in [2.05, 4.69) is 30.7 Å². The Kier molecular flexibility index (Phi) is 5.58. The van der Waals surface area contributed by atoms with Gasteiger partial charge in [-0.2, -0.15) is 4.98 Å². The number of phenols is 1. The Morgan fingerprint density at radius 1 is 1.42 bits per heavy atom. The van der Waals surface area contributed by atoms with Gasteiger partial charge in [-0.1, -0.05) is 6.07 Å². The quantitative estimate of drug-likeness (QED) is 0.417. The second-order valence-electron chi connectivity index (χ2n) is 7.09. The number of likely N-dealkylation sites (N-methyl/N-ethyl adjacent to an activating group) is 1. The van der Waals surface area contributed by atoms with Gasteiger partial charge in [0.2, 0.25) is 5.82 Å². The van der Waals surface area contributed by atoms with Crippen LogP contribution in [0.1, 0.15) is 33.5 Å². The van der Waals surface area contributed by atoms with Crippen molar-refractivity contribution >= 4 is 17.8 Å². The zero-order chi connectivity index (χ0) is 22.0. The van der Waals surface area contributed by atoms with E-state index in [-0.39, 0.29) is 30.0 Å². The number of dihydropyridines is 1. The van der Waals surface area contributed by atoms with Crippen molar-refractivity contribution in [2.75, 3.05) is 31.1 Å². The number of carbonyl (C=O) groups excluding carboxylic acids is 2. The van der Waals surface area contributed by atoms with Crippen LogP contribution < -0.4 is 21.3 Å². The number of hydrogen-bond acceptors (Lipinski definition) is 8. The number of nitrogens with zero attached hydrogens (tertiary/aromatic N) is 4. The third-order valence-corrected chi connectivity index (χ3v) is 5.13. The third kappa shape index (κ3) is 3.94. The van der Waals surface area contributed by atoms with Crippen molar-refractivity contribution in [3.63, 3.8) is 0 Å². The van der Waals surface area contributed by atoms with Crippen molar-refractivity contribution in [3.05, 3.63) is 58.8 Å². The largest absolute Gasteiger partial charge is 0.508 e. The van der Waals surface area contributed by atoms with Gasteiger partial charge in [0.25, 0.3) is 17.8 Å². The van der Waals surface area contributed by atoms with Gasteiger partial charge in [0.15, 0.2) is 0 Å². The number of rotatable bonds is 7. The molecular formula is C20H24N8O3. The van der Waals surface area contributed by atoms with Crippen molar-refractivity contribution < 1.29 is 14.7 Å². The van der Waals surface area contributed by atoms with Crippen LogP contribution in [0.3, 0.4) is 0 Å². The topological polar surface area (TPSA) is 152 Å². The lowest BCUT2D eigenvalue weighted by molar-refractivity contribution is 0.0952. The molecule has 1 aromatic heterocycles. The fourth-order valence-electron chi connectivity index (χ4n) is 3.61. The van der Waals surface area contributed by atoms with E-state index in [4.69, 9.17) is 5.73 Å². The maximum Gasteiger partial charge on any atom is 0.293 e. The van der Waals surface area contributed by atoms with Gasteiger partial charge in [-0.3, -0.25) is 19.6 Å². The second kappa shape index (κ2) is 8.48. The molecule has 0 atom stereocenters. The summed E-state index contributed by atoms with van der Waals surface area (Å²) in [6, 6.07) is 4.61. The van der Waals surface area contributed by atoms with Crippen LogP contribution in [0, 0.1) is 0 Å². The summed E-state index contributed by atoms with van der Waals surface area (Å²) in [6.45, 7) is 4.83. The number of amides is 2. The van der Waals surface area contributed by atoms with Crippen LogP contribution in [-0.2, 0) is 6.54 Å². The van der Waals surface area contributed by atoms with Crippen LogP contribution in [-0.4, -0.2) is 63.2 Å². The molecule has 2 aliphatic rings. The van der Waals surface area contributed by atoms with Gasteiger partial charge in [-0.15, -0.1) is 5.10 Å². The molecule has 0 unspecified atom stereocenters. The van der Waals surface area contributed by atoms with Crippen molar-refractivity contribution in [2.24, 2.45) is 5.73 Å². The first-order chi connectivity index (χ1) is 15.0. The van der Waals surface area contributed by atoms with Gasteiger partial charge in [-0.25, -0.2) is 0 Å². The molecule has 11 nitrogen and oxygen atoms in total. The minimum atomic E-state index is -0.481. The lowest BCUT2D eigenvalue weighted by Gasteiger charge is -2.29. The molecule has 2 aliphatic heterocycles. The highest BCUT2D eigenvalue weighted by Crippen LogP contribution is 2.28. The molecule has 0 saturated carbocycles. The minimum Gasteiger partial charge on any atom is -0.508 e. The molecule has 31 heavy (non-hydrogen) atoms. The highest BCUT2D eigenvalue weighted by molar-refractivity contribution is 6.09. The molecule has 0 aliphatic carbocycles. The molecule has 0 fully saturated rings. The number of aromatic hydroxyl groups is 1. The van der Waals surface area contributed by atoms with Crippen LogP contribution >= 0.6 is 0 Å². The maximum atomic E-state index is 12.8. The Bertz CT molecular complexity index is 1070. The number of phenolic OH excluding ortho intramolecular Hbond substituents is 1. The molecule has 4 rings (SSSR count). The maximum absolute atomic E-state index is 12.8. The zero-order valence-electron chi connectivity index (χ0n) is 17.1. The molecule has 2 aromatic rings. The number of aromatic amines is 1. The summed E-state index contributed by atoms with van der Waals surface area (Å²) >= 11 is 0. The second-order valence-corrected chi connectivity index (χ2v) is 7.09. The molecule has 0 radical (unpaired) electrons. The molecule has 0 saturated heterocycles. The Morgan fingerprint density at radius 3 is 3.03 bits per heavy atom. The molecule has 0 spiro atoms. The number of benzene rings is 1. The van der Waals surface area contributed by atoms with E-state index < -0.39 is 5.91 Å². The predicted octanol–water partition coefficient (Wildman–Crippen LogP) is 0.00960. The van der Waals surface area contributed by atoms with Crippen LogP contribution in [0.25, 0.3) is 0 Å². The van der Waals surface area contributed by atoms with Crippen molar-refractivity contribution in [2.45, 2.75) is 13.5 Å². The van der Waals surface area contributed by atoms with E-state index >= 15 is 0 Å². The molecule has 1 aromatic carbocycles. The van der Waals surface area contributed by atoms with E-state index in [0.717, 1.165) is 17.8 Å². The number of nitrogens with two attached hydrogens (primary N) is 1. The summed E-state index contributed by atoms with van der Waals surface area (Å²) in [5.74, 6) is -0.727. The predicted molar refractivity (Wildman–Crippen MR) is 113 cm³/mol. The summed E-state index contributed by atoms with van der Waals surface area (Å²) in [5.41, 5.74) is 8.33. The van der Waals surface area contributed by atoms with Gasteiger partial charge in [-0.05, 0) is 30.7 Å². The first-order valence-corrected chi connectivity index (χ1v) is 9.98. The average Bonchev–Trinajstić information content (AvgIpc) is 3.38. The summed E-state index contributed by atoms with van der Waals surface area (Å²) < 4.78 is 0. The van der Waals surface area contributed by atoms with Gasteiger partial charge in [0, 0.05) is 37.9 Å². The van der Waals surface area contributed by atoms with Gasteiger partial charge in [0.1, 0.15) is 5.75 Å². The fraction of sp³-hybridized carbons (Fsp3) is 0.300. The Balaban J connectivity index is 1.48. The standard InChI is InChI=1S/C20H24N8O3/c1-2-27(8-6-21)16-5-7-22-10-15(16)23-18(30)17-24-20(26-25-17)28-11-12-3-4-13(29)9-14(12)19(28)31/h3-5,9-10,22,29H,2,6-8,11,21H2,1H3,(H,23,30)(H,24,25,26). The fourth-order valence-corrected chi connectivity index (χ4v) is 3.61. The lowest BCUT2D eigenvalue weighted by atomic mass is 10.1. The van der Waals surface area contributed by atoms with Gasteiger partial charge in [0.05, 0.1) is 17.9 Å². The number of hydrogen-bond donors (Lipinski definition) is 5. The molecule has 162 valence electrons. The molecule has 0 bridgehead atoms. The average molecular weight is 424 g/mol. The molecule has 2 amide bonds. The smallest absolute Gasteiger partial charge is 0.293 e. The SMILES string of the molecule is CCN(CCN)C1=CCNC=C1NC(=O)c1nc(N2Cc3ccc(O)cc3C2=O)n[nH]1. The number of anilines is 1. The highest BCUT2D eigenvalue weighted by atomic mass is 16.3. The van der Waals surface area contributed by atoms with Gasteiger partial charge >= 0.3 is 0 Å². The molecule has 11 heteroatoms. The normalized spacial score (nSPS) is 15.2. The Labute approximate surface area is 178 Å². The van der Waals surface area contributed by atoms with E-state index in [1.54, 1.807) is 12.3 Å². The summed E-state index contributed by atoms with van der Waals surface area (Å²) in [7, 11) is 0. The highest BCUT2D eigenvalue weighted by Gasteiger charge is 2.32. The van der Waals surface area contributed by atoms with Crippen LogP contribution in [0.2, 0.25) is 0 Å². The number of carbonyl (C=O) groups is 2. The van der Waals surface area contributed by atoms with Crippen molar-refractivity contribution in [1.82, 2.24) is 30.7 Å². The van der Waals surface area contributed by atoms with E-state index in [1.165, 1.54) is 17.0 Å². The van der Waals surface area contributed by atoms with Gasteiger partial charge < -0.3 is 26.4 Å². The Morgan fingerprint density at radius 2 is 2.26 bits per heavy atom. The van der Waals surface area contributed by atoms with Crippen LogP contribution in [0.4, 0.5) is 5.95 Å². The number of aromatic nitrogens is 3. The van der Waals surface area contributed by atoms with Crippen LogP contribution in [0.5, 0.6) is 5.75 Å². The molecule has 6 N–H and O–H groups in total. The number of fused-ring (bicyclic) bond motifs is 1. The third-order valence-electron chi connectivity index (χ3n) is 5.13. The monoisotopic (exact) mass is 424 g/mol. The molecular weight excluding hydrogens is 400 g/mol. The van der Waals surface area contributed by atoms with Crippen LogP contribution in [0.15, 0.2) is 41.9 Å². The number of H-pyrrole nitrogens is 1. The number of nitrogens with one attached hydrogen (secondary N) is 3. The summed E-state index contributed by atoms with van der Waals surface area (Å²) in [6.07, 6.45) is 3.72. The molecule has 3 heterocycles. The first-order valence-electron chi connectivity index (χ1n) is 9.98. The van der Waals surface area contributed by atoms with Crippen molar-refractivity contribution in [3.8, 4) is 5.75 Å².